The first kappa shape index (κ1) is 26.5. The lowest BCUT2D eigenvalue weighted by Crippen LogP contribution is -2.43. The van der Waals surface area contributed by atoms with Gasteiger partial charge in [-0.2, -0.15) is 4.98 Å². The zero-order valence-electron chi connectivity index (χ0n) is 21.5. The van der Waals surface area contributed by atoms with E-state index in [9.17, 15) is 4.79 Å². The molecule has 0 radical (unpaired) electrons. The van der Waals surface area contributed by atoms with Gasteiger partial charge >= 0.3 is 0 Å². The second kappa shape index (κ2) is 12.1. The van der Waals surface area contributed by atoms with Crippen LogP contribution < -0.4 is 29.7 Å². The minimum Gasteiger partial charge on any atom is -0.493 e. The normalized spacial score (nSPS) is 15.1. The molecule has 1 saturated heterocycles. The maximum atomic E-state index is 13.7. The van der Waals surface area contributed by atoms with E-state index in [4.69, 9.17) is 25.8 Å². The molecule has 37 heavy (non-hydrogen) atoms. The highest BCUT2D eigenvalue weighted by Gasteiger charge is 2.28. The molecule has 2 N–H and O–H groups in total. The first-order valence-corrected chi connectivity index (χ1v) is 12.5. The molecule has 1 aromatic heterocycles. The Morgan fingerprint density at radius 1 is 1.08 bits per heavy atom. The van der Waals surface area contributed by atoms with E-state index in [1.165, 1.54) is 0 Å². The lowest BCUT2D eigenvalue weighted by molar-refractivity contribution is -0.123. The van der Waals surface area contributed by atoms with Gasteiger partial charge in [0, 0.05) is 30.4 Å². The third-order valence-electron chi connectivity index (χ3n) is 6.25. The van der Waals surface area contributed by atoms with Gasteiger partial charge in [0.15, 0.2) is 11.5 Å². The van der Waals surface area contributed by atoms with E-state index in [1.807, 2.05) is 31.2 Å². The minimum absolute atomic E-state index is 0.00118. The van der Waals surface area contributed by atoms with Gasteiger partial charge in [-0.15, -0.1) is 0 Å². The van der Waals surface area contributed by atoms with E-state index in [2.05, 4.69) is 20.6 Å². The van der Waals surface area contributed by atoms with E-state index < -0.39 is 0 Å². The molecular weight excluding hydrogens is 494 g/mol. The van der Waals surface area contributed by atoms with Gasteiger partial charge in [-0.1, -0.05) is 41.4 Å². The summed E-state index contributed by atoms with van der Waals surface area (Å²) in [6.45, 7) is 3.96. The van der Waals surface area contributed by atoms with Crippen molar-refractivity contribution in [1.82, 2.24) is 15.3 Å². The van der Waals surface area contributed by atoms with Gasteiger partial charge in [-0.05, 0) is 31.9 Å². The van der Waals surface area contributed by atoms with Crippen molar-refractivity contribution in [3.8, 4) is 17.2 Å². The van der Waals surface area contributed by atoms with Crippen molar-refractivity contribution >= 4 is 35.0 Å². The Bertz CT molecular complexity index is 1210. The standard InChI is InChI=1S/C27H32ClN5O4/c1-17-7-9-18(10-8-17)16-33(26(34)19-6-5-11-29-15-19)24-14-23(28)31-27(32-24)30-20-12-21(35-2)25(37-4)22(13-20)36-3/h7-10,12-14,19,29H,5-6,11,15-16H2,1-4H3,(H,30,31,32)/t19-/m0/s1. The van der Waals surface area contributed by atoms with Crippen LogP contribution >= 0.6 is 11.6 Å². The summed E-state index contributed by atoms with van der Waals surface area (Å²) in [7, 11) is 4.63. The summed E-state index contributed by atoms with van der Waals surface area (Å²) in [5.41, 5.74) is 2.76. The molecule has 0 saturated carbocycles. The molecule has 3 aromatic rings. The lowest BCUT2D eigenvalue weighted by Gasteiger charge is -2.29. The number of rotatable bonds is 9. The number of carbonyl (C=O) groups is 1. The van der Waals surface area contributed by atoms with Gasteiger partial charge in [-0.3, -0.25) is 9.69 Å². The minimum atomic E-state index is -0.139. The molecular formula is C27H32ClN5O4. The van der Waals surface area contributed by atoms with Gasteiger partial charge in [0.1, 0.15) is 11.0 Å². The zero-order valence-corrected chi connectivity index (χ0v) is 22.3. The number of piperidine rings is 1. The predicted molar refractivity (Wildman–Crippen MR) is 144 cm³/mol. The molecule has 1 fully saturated rings. The molecule has 1 aliphatic heterocycles. The van der Waals surface area contributed by atoms with E-state index in [0.29, 0.717) is 41.8 Å². The maximum Gasteiger partial charge on any atom is 0.232 e. The number of ether oxygens (including phenoxy) is 3. The van der Waals surface area contributed by atoms with E-state index in [1.54, 1.807) is 44.4 Å². The smallest absolute Gasteiger partial charge is 0.232 e. The first-order chi connectivity index (χ1) is 17.9. The average Bonchev–Trinajstić information content (AvgIpc) is 2.91. The summed E-state index contributed by atoms with van der Waals surface area (Å²) in [5.74, 6) is 1.95. The molecule has 9 nitrogen and oxygen atoms in total. The molecule has 0 aliphatic carbocycles. The van der Waals surface area contributed by atoms with Crippen LogP contribution in [0.25, 0.3) is 0 Å². The van der Waals surface area contributed by atoms with Gasteiger partial charge in [-0.25, -0.2) is 4.98 Å². The van der Waals surface area contributed by atoms with Crippen molar-refractivity contribution in [2.75, 3.05) is 44.6 Å². The third-order valence-corrected chi connectivity index (χ3v) is 6.45. The largest absolute Gasteiger partial charge is 0.493 e. The molecule has 1 aliphatic rings. The Balaban J connectivity index is 1.68. The molecule has 196 valence electrons. The Kier molecular flexibility index (Phi) is 8.68. The van der Waals surface area contributed by atoms with Crippen LogP contribution in [0.1, 0.15) is 24.0 Å². The zero-order chi connectivity index (χ0) is 26.4. The number of hydrogen-bond donors (Lipinski definition) is 2. The Morgan fingerprint density at radius 2 is 1.78 bits per heavy atom. The van der Waals surface area contributed by atoms with Crippen molar-refractivity contribution in [2.24, 2.45) is 5.92 Å². The summed E-state index contributed by atoms with van der Waals surface area (Å²) >= 11 is 6.43. The van der Waals surface area contributed by atoms with Crippen LogP contribution in [0.15, 0.2) is 42.5 Å². The number of anilines is 3. The molecule has 0 bridgehead atoms. The molecule has 4 rings (SSSR count). The molecule has 2 aromatic carbocycles. The fourth-order valence-electron chi connectivity index (χ4n) is 4.31. The Hall–Kier alpha value is -3.56. The van der Waals surface area contributed by atoms with Crippen molar-refractivity contribution in [3.63, 3.8) is 0 Å². The maximum absolute atomic E-state index is 13.7. The number of nitrogens with zero attached hydrogens (tertiary/aromatic N) is 3. The SMILES string of the molecule is COc1cc(Nc2nc(Cl)cc(N(Cc3ccc(C)cc3)C(=O)[C@H]3CCCNC3)n2)cc(OC)c1OC. The Labute approximate surface area is 222 Å². The molecule has 2 heterocycles. The van der Waals surface area contributed by atoms with Crippen molar-refractivity contribution in [2.45, 2.75) is 26.3 Å². The quantitative estimate of drug-likeness (QED) is 0.387. The van der Waals surface area contributed by atoms with Crippen LogP contribution in [0.2, 0.25) is 5.15 Å². The summed E-state index contributed by atoms with van der Waals surface area (Å²) < 4.78 is 16.3. The van der Waals surface area contributed by atoms with Crippen molar-refractivity contribution in [3.05, 3.63) is 58.7 Å². The summed E-state index contributed by atoms with van der Waals surface area (Å²) in [6, 6.07) is 13.2. The van der Waals surface area contributed by atoms with Crippen LogP contribution in [-0.4, -0.2) is 50.3 Å². The van der Waals surface area contributed by atoms with E-state index in [-0.39, 0.29) is 22.9 Å². The molecule has 0 spiro atoms. The predicted octanol–water partition coefficient (Wildman–Crippen LogP) is 4.74. The first-order valence-electron chi connectivity index (χ1n) is 12.1. The topological polar surface area (TPSA) is 97.8 Å². The lowest BCUT2D eigenvalue weighted by atomic mass is 9.97. The molecule has 0 unspecified atom stereocenters. The number of aryl methyl sites for hydroxylation is 1. The number of amides is 1. The highest BCUT2D eigenvalue weighted by atomic mass is 35.5. The van der Waals surface area contributed by atoms with Gasteiger partial charge in [0.25, 0.3) is 0 Å². The number of carbonyl (C=O) groups excluding carboxylic acids is 1. The van der Waals surface area contributed by atoms with E-state index >= 15 is 0 Å². The highest BCUT2D eigenvalue weighted by molar-refractivity contribution is 6.29. The second-order valence-corrected chi connectivity index (χ2v) is 9.25. The number of nitrogens with one attached hydrogen (secondary N) is 2. The fourth-order valence-corrected chi connectivity index (χ4v) is 4.49. The van der Waals surface area contributed by atoms with Gasteiger partial charge < -0.3 is 24.8 Å². The average molecular weight is 526 g/mol. The number of benzene rings is 2. The van der Waals surface area contributed by atoms with E-state index in [0.717, 1.165) is 30.5 Å². The third kappa shape index (κ3) is 6.42. The van der Waals surface area contributed by atoms with Crippen LogP contribution in [-0.2, 0) is 11.3 Å². The number of methoxy groups -OCH3 is 3. The summed E-state index contributed by atoms with van der Waals surface area (Å²) in [5, 5.41) is 6.70. The van der Waals surface area contributed by atoms with Crippen molar-refractivity contribution in [1.29, 1.82) is 0 Å². The molecule has 10 heteroatoms. The van der Waals surface area contributed by atoms with Gasteiger partial charge in [0.05, 0.1) is 33.8 Å². The molecule has 1 amide bonds. The van der Waals surface area contributed by atoms with Crippen molar-refractivity contribution < 1.29 is 19.0 Å². The summed E-state index contributed by atoms with van der Waals surface area (Å²) in [6.07, 6.45) is 1.78. The van der Waals surface area contributed by atoms with Crippen LogP contribution in [0.3, 0.4) is 0 Å². The number of hydrogen-bond acceptors (Lipinski definition) is 8. The van der Waals surface area contributed by atoms with Gasteiger partial charge in [0.2, 0.25) is 17.6 Å². The van der Waals surface area contributed by atoms with Crippen LogP contribution in [0.4, 0.5) is 17.5 Å². The van der Waals surface area contributed by atoms with Crippen LogP contribution in [0.5, 0.6) is 17.2 Å². The Morgan fingerprint density at radius 3 is 2.38 bits per heavy atom. The number of aromatic nitrogens is 2. The highest BCUT2D eigenvalue weighted by Crippen LogP contribution is 2.40. The second-order valence-electron chi connectivity index (χ2n) is 8.86. The summed E-state index contributed by atoms with van der Waals surface area (Å²) in [4.78, 5) is 24.4. The molecule has 1 atom stereocenters. The van der Waals surface area contributed by atoms with Crippen LogP contribution in [0, 0.1) is 12.8 Å². The monoisotopic (exact) mass is 525 g/mol. The number of halogens is 1. The fraction of sp³-hybridized carbons (Fsp3) is 0.370.